The van der Waals surface area contributed by atoms with E-state index in [0.29, 0.717) is 0 Å². The second-order valence-electron chi connectivity index (χ2n) is 3.66. The van der Waals surface area contributed by atoms with E-state index in [4.69, 9.17) is 0 Å². The van der Waals surface area contributed by atoms with Crippen molar-refractivity contribution in [1.29, 1.82) is 0 Å². The summed E-state index contributed by atoms with van der Waals surface area (Å²) in [5.41, 5.74) is 0. The predicted octanol–water partition coefficient (Wildman–Crippen LogP) is 2.62. The normalized spacial score (nSPS) is 18.8. The Bertz CT molecular complexity index is 196. The zero-order valence-corrected chi connectivity index (χ0v) is 8.82. The molecule has 0 fully saturated rings. The van der Waals surface area contributed by atoms with Crippen LogP contribution in [0.25, 0.3) is 0 Å². The van der Waals surface area contributed by atoms with E-state index in [1.54, 1.807) is 5.20 Å². The van der Waals surface area contributed by atoms with Gasteiger partial charge < -0.3 is 0 Å². The van der Waals surface area contributed by atoms with Crippen molar-refractivity contribution in [3.05, 3.63) is 21.8 Å². The summed E-state index contributed by atoms with van der Waals surface area (Å²) in [7, 11) is -1.06. The number of allylic oxidation sites excluding steroid dienone is 4. The zero-order valence-electron chi connectivity index (χ0n) is 6.72. The van der Waals surface area contributed by atoms with Gasteiger partial charge in [-0.15, -0.1) is 0 Å². The molecule has 1 aliphatic carbocycles. The topological polar surface area (TPSA) is 0 Å². The minimum atomic E-state index is -1.06. The molecule has 57 valence electrons. The molecule has 0 saturated heterocycles. The van der Waals surface area contributed by atoms with Gasteiger partial charge in [0.25, 0.3) is 0 Å². The average Bonchev–Trinajstić information content (AvgIpc) is 2.11. The van der Waals surface area contributed by atoms with Gasteiger partial charge in [0.15, 0.2) is 0 Å². The van der Waals surface area contributed by atoms with Crippen molar-refractivity contribution in [1.82, 2.24) is 0 Å². The van der Waals surface area contributed by atoms with Gasteiger partial charge in [-0.25, -0.2) is 0 Å². The van der Waals surface area contributed by atoms with Gasteiger partial charge in [0, 0.05) is 0 Å². The van der Waals surface area contributed by atoms with E-state index < -0.39 is 8.07 Å². The van der Waals surface area contributed by atoms with E-state index in [0.717, 1.165) is 6.42 Å². The first kappa shape index (κ1) is 8.31. The monoisotopic (exact) mass is 193 g/mol. The fraction of sp³-hybridized carbons (Fsp3) is 0.500. The van der Waals surface area contributed by atoms with Gasteiger partial charge in [0.1, 0.15) is 0 Å². The second kappa shape index (κ2) is 2.69. The van der Waals surface area contributed by atoms with E-state index in [-0.39, 0.29) is 0 Å². The molecule has 0 heterocycles. The quantitative estimate of drug-likeness (QED) is 0.561. The van der Waals surface area contributed by atoms with Crippen molar-refractivity contribution < 1.29 is 16.0 Å². The summed E-state index contributed by atoms with van der Waals surface area (Å²) < 4.78 is 1.35. The Morgan fingerprint density at radius 3 is 2.20 bits per heavy atom. The summed E-state index contributed by atoms with van der Waals surface area (Å²) in [4.78, 5) is 0. The molecule has 1 aliphatic rings. The molecule has 0 bridgehead atoms. The Labute approximate surface area is 72.2 Å². The van der Waals surface area contributed by atoms with Crippen LogP contribution in [0.1, 0.15) is 6.42 Å². The maximum absolute atomic E-state index is 4.04. The third-order valence-electron chi connectivity index (χ3n) is 1.67. The minimum absolute atomic E-state index is 1.06. The number of hydrogen-bond acceptors (Lipinski definition) is 0. The molecule has 0 amide bonds. The second-order valence-corrected chi connectivity index (χ2v) is 9.37. The molecule has 0 nitrogen and oxygen atoms in total. The molecular weight excluding hydrogens is 180 g/mol. The van der Waals surface area contributed by atoms with Crippen molar-refractivity contribution in [3.8, 4) is 0 Å². The van der Waals surface area contributed by atoms with E-state index in [9.17, 15) is 0 Å². The summed E-state index contributed by atoms with van der Waals surface area (Å²) in [6.45, 7) is 7.09. The summed E-state index contributed by atoms with van der Waals surface area (Å²) in [5, 5.41) is 1.55. The predicted molar refractivity (Wildman–Crippen MR) is 44.1 cm³/mol. The Kier molecular flexibility index (Phi) is 2.23. The molecule has 1 rings (SSSR count). The standard InChI is InChI=1S/C8H13Si.Fe/c1-9(2,3)8-6-4-5-7-8;/h4,6H,5H2,1-3H3;. The molecule has 0 unspecified atom stereocenters. The Morgan fingerprint density at radius 1 is 1.40 bits per heavy atom. The van der Waals surface area contributed by atoms with Gasteiger partial charge >= 0.3 is 72.0 Å². The van der Waals surface area contributed by atoms with Crippen LogP contribution in [0.15, 0.2) is 21.8 Å². The summed E-state index contributed by atoms with van der Waals surface area (Å²) >= 11 is 4.04. The number of rotatable bonds is 1. The van der Waals surface area contributed by atoms with Crippen molar-refractivity contribution >= 4 is 8.07 Å². The van der Waals surface area contributed by atoms with Crippen LogP contribution in [0, 0.1) is 0 Å². The van der Waals surface area contributed by atoms with Crippen LogP contribution >= 0.6 is 0 Å². The van der Waals surface area contributed by atoms with E-state index in [1.165, 1.54) is 4.47 Å². The van der Waals surface area contributed by atoms with Crippen molar-refractivity contribution in [2.75, 3.05) is 0 Å². The van der Waals surface area contributed by atoms with Gasteiger partial charge in [-0.3, -0.25) is 0 Å². The van der Waals surface area contributed by atoms with E-state index in [1.807, 2.05) is 0 Å². The molecule has 0 atom stereocenters. The molecule has 2 heteroatoms. The molecule has 10 heavy (non-hydrogen) atoms. The Morgan fingerprint density at radius 2 is 2.00 bits per heavy atom. The fourth-order valence-corrected chi connectivity index (χ4v) is 4.10. The SMILES string of the molecule is C[Si](C)(C)C1=[C]([Fe])CC=C1. The summed E-state index contributed by atoms with van der Waals surface area (Å²) in [6.07, 6.45) is 5.56. The first-order chi connectivity index (χ1) is 4.52. The van der Waals surface area contributed by atoms with Crippen LogP contribution in [0.5, 0.6) is 0 Å². The van der Waals surface area contributed by atoms with Crippen molar-refractivity contribution in [2.24, 2.45) is 0 Å². The van der Waals surface area contributed by atoms with Crippen LogP contribution in [0.2, 0.25) is 19.6 Å². The maximum atomic E-state index is 4.04. The van der Waals surface area contributed by atoms with Crippen LogP contribution in [0.3, 0.4) is 0 Å². The van der Waals surface area contributed by atoms with Gasteiger partial charge in [-0.1, -0.05) is 0 Å². The van der Waals surface area contributed by atoms with Gasteiger partial charge in [-0.05, 0) is 0 Å². The van der Waals surface area contributed by atoms with Crippen molar-refractivity contribution in [2.45, 2.75) is 26.1 Å². The molecule has 0 aliphatic heterocycles. The molecular formula is C8H13FeSi. The van der Waals surface area contributed by atoms with Crippen LogP contribution in [-0.2, 0) is 16.0 Å². The average molecular weight is 193 g/mol. The molecule has 0 aromatic carbocycles. The molecule has 0 radical (unpaired) electrons. The molecule has 0 N–H and O–H groups in total. The van der Waals surface area contributed by atoms with Crippen molar-refractivity contribution in [3.63, 3.8) is 0 Å². The zero-order chi connectivity index (χ0) is 7.78. The summed E-state index contributed by atoms with van der Waals surface area (Å²) in [6, 6.07) is 0. The van der Waals surface area contributed by atoms with Gasteiger partial charge in [0.2, 0.25) is 0 Å². The number of hydrogen-bond donors (Lipinski definition) is 0. The molecule has 0 spiro atoms. The van der Waals surface area contributed by atoms with E-state index >= 15 is 0 Å². The first-order valence-electron chi connectivity index (χ1n) is 3.56. The third kappa shape index (κ3) is 1.63. The third-order valence-corrected chi connectivity index (χ3v) is 4.52. The van der Waals surface area contributed by atoms with Crippen LogP contribution < -0.4 is 0 Å². The fourth-order valence-electron chi connectivity index (χ4n) is 1.12. The first-order valence-corrected chi connectivity index (χ1v) is 7.61. The van der Waals surface area contributed by atoms with Gasteiger partial charge in [-0.2, -0.15) is 0 Å². The Hall–Kier alpha value is 0.216. The Balaban J connectivity index is 2.91. The van der Waals surface area contributed by atoms with Gasteiger partial charge in [0.05, 0.1) is 0 Å². The van der Waals surface area contributed by atoms with Crippen LogP contribution in [0.4, 0.5) is 0 Å². The molecule has 0 aromatic rings. The summed E-state index contributed by atoms with van der Waals surface area (Å²) in [5.74, 6) is 0. The molecule has 0 saturated carbocycles. The van der Waals surface area contributed by atoms with Crippen LogP contribution in [-0.4, -0.2) is 8.07 Å². The van der Waals surface area contributed by atoms with E-state index in [2.05, 4.69) is 47.8 Å². The molecule has 0 aromatic heterocycles.